The molecule has 0 aliphatic carbocycles. The second-order valence-corrected chi connectivity index (χ2v) is 5.95. The fourth-order valence-electron chi connectivity index (χ4n) is 2.12. The molecule has 0 bridgehead atoms. The van der Waals surface area contributed by atoms with Crippen LogP contribution in [0.5, 0.6) is 0 Å². The number of amides is 2. The summed E-state index contributed by atoms with van der Waals surface area (Å²) < 4.78 is 0. The van der Waals surface area contributed by atoms with E-state index in [-0.39, 0.29) is 17.9 Å². The van der Waals surface area contributed by atoms with Crippen molar-refractivity contribution in [3.63, 3.8) is 0 Å². The maximum absolute atomic E-state index is 12.3. The van der Waals surface area contributed by atoms with Crippen LogP contribution in [0.4, 0.5) is 11.4 Å². The van der Waals surface area contributed by atoms with Crippen LogP contribution < -0.4 is 16.0 Å². The lowest BCUT2D eigenvalue weighted by Gasteiger charge is -2.17. The number of hydrogen-bond donors (Lipinski definition) is 3. The Kier molecular flexibility index (Phi) is 6.51. The number of carbonyl (C=O) groups is 2. The van der Waals surface area contributed by atoms with Crippen LogP contribution in [0.25, 0.3) is 0 Å². The van der Waals surface area contributed by atoms with Crippen molar-refractivity contribution in [1.29, 1.82) is 0 Å². The van der Waals surface area contributed by atoms with E-state index < -0.39 is 6.04 Å². The summed E-state index contributed by atoms with van der Waals surface area (Å²) in [5.41, 5.74) is 2.29. The molecular weight excluding hydrogens is 316 g/mol. The minimum absolute atomic E-state index is 0.0883. The number of rotatable bonds is 7. The smallest absolute Gasteiger partial charge is 0.251 e. The molecule has 2 rings (SSSR count). The van der Waals surface area contributed by atoms with Crippen LogP contribution in [0.3, 0.4) is 0 Å². The zero-order valence-corrected chi connectivity index (χ0v) is 14.7. The highest BCUT2D eigenvalue weighted by molar-refractivity contribution is 5.97. The minimum Gasteiger partial charge on any atom is -0.355 e. The van der Waals surface area contributed by atoms with Crippen molar-refractivity contribution in [2.45, 2.75) is 39.3 Å². The van der Waals surface area contributed by atoms with Crippen molar-refractivity contribution >= 4 is 23.2 Å². The van der Waals surface area contributed by atoms with Gasteiger partial charge in [-0.1, -0.05) is 6.92 Å². The van der Waals surface area contributed by atoms with Crippen molar-refractivity contribution < 1.29 is 9.59 Å². The first-order valence-corrected chi connectivity index (χ1v) is 8.38. The van der Waals surface area contributed by atoms with Crippen LogP contribution in [0, 0.1) is 0 Å². The van der Waals surface area contributed by atoms with Crippen molar-refractivity contribution in [2.75, 3.05) is 5.32 Å². The molecule has 2 aromatic rings. The fraction of sp³-hybridized carbons (Fsp3) is 0.316. The van der Waals surface area contributed by atoms with Crippen molar-refractivity contribution in [1.82, 2.24) is 15.6 Å². The van der Waals surface area contributed by atoms with Gasteiger partial charge in [0.2, 0.25) is 5.91 Å². The van der Waals surface area contributed by atoms with E-state index in [0.717, 1.165) is 17.8 Å². The second-order valence-electron chi connectivity index (χ2n) is 5.95. The zero-order chi connectivity index (χ0) is 18.2. The van der Waals surface area contributed by atoms with Crippen LogP contribution in [0.2, 0.25) is 0 Å². The Morgan fingerprint density at radius 1 is 0.960 bits per heavy atom. The number of anilines is 2. The Balaban J connectivity index is 1.92. The molecule has 6 heteroatoms. The van der Waals surface area contributed by atoms with Crippen LogP contribution >= 0.6 is 0 Å². The second kappa shape index (κ2) is 8.82. The fourth-order valence-corrected chi connectivity index (χ4v) is 2.12. The molecule has 1 aromatic carbocycles. The average Bonchev–Trinajstić information content (AvgIpc) is 2.62. The molecule has 0 spiro atoms. The van der Waals surface area contributed by atoms with E-state index >= 15 is 0 Å². The van der Waals surface area contributed by atoms with Gasteiger partial charge in [0.15, 0.2) is 0 Å². The Morgan fingerprint density at radius 2 is 1.56 bits per heavy atom. The van der Waals surface area contributed by atoms with Crippen LogP contribution in [-0.2, 0) is 4.79 Å². The number of nitrogens with zero attached hydrogens (tertiary/aromatic N) is 1. The van der Waals surface area contributed by atoms with Gasteiger partial charge in [0.25, 0.3) is 5.91 Å². The van der Waals surface area contributed by atoms with E-state index in [1.54, 1.807) is 31.5 Å². The number of carbonyl (C=O) groups excluding carboxylic acids is 2. The van der Waals surface area contributed by atoms with E-state index in [9.17, 15) is 9.59 Å². The molecule has 0 aliphatic heterocycles. The molecule has 6 nitrogen and oxygen atoms in total. The summed E-state index contributed by atoms with van der Waals surface area (Å²) in [6.07, 6.45) is 4.25. The van der Waals surface area contributed by atoms with Crippen LogP contribution in [0.15, 0.2) is 48.8 Å². The van der Waals surface area contributed by atoms with Gasteiger partial charge in [-0.05, 0) is 56.7 Å². The SMILES string of the molecule is CC[C@@H](C)NC(=O)[C@@H](C)NC(=O)c1ccc(Nc2ccncc2)cc1. The summed E-state index contributed by atoms with van der Waals surface area (Å²) in [7, 11) is 0. The lowest BCUT2D eigenvalue weighted by Crippen LogP contribution is -2.47. The lowest BCUT2D eigenvalue weighted by atomic mass is 10.1. The van der Waals surface area contributed by atoms with Gasteiger partial charge in [-0.25, -0.2) is 0 Å². The van der Waals surface area contributed by atoms with Gasteiger partial charge < -0.3 is 16.0 Å². The normalized spacial score (nSPS) is 12.8. The maximum atomic E-state index is 12.3. The standard InChI is InChI=1S/C19H24N4O2/c1-4-13(2)21-18(24)14(3)22-19(25)15-5-7-16(8-6-15)23-17-9-11-20-12-10-17/h5-14H,4H2,1-3H3,(H,20,23)(H,21,24)(H,22,25)/t13-,14-/m1/s1. The van der Waals surface area contributed by atoms with E-state index in [0.29, 0.717) is 5.56 Å². The maximum Gasteiger partial charge on any atom is 0.251 e. The van der Waals surface area contributed by atoms with Gasteiger partial charge in [0, 0.05) is 35.4 Å². The molecule has 0 aliphatic rings. The van der Waals surface area contributed by atoms with E-state index in [1.165, 1.54) is 0 Å². The first kappa shape index (κ1) is 18.4. The number of benzene rings is 1. The van der Waals surface area contributed by atoms with Crippen LogP contribution in [-0.4, -0.2) is 28.9 Å². The average molecular weight is 340 g/mol. The monoisotopic (exact) mass is 340 g/mol. The van der Waals surface area contributed by atoms with Gasteiger partial charge in [-0.15, -0.1) is 0 Å². The van der Waals surface area contributed by atoms with Gasteiger partial charge in [-0.2, -0.15) is 0 Å². The summed E-state index contributed by atoms with van der Waals surface area (Å²) >= 11 is 0. The Hall–Kier alpha value is -2.89. The summed E-state index contributed by atoms with van der Waals surface area (Å²) in [6, 6.07) is 10.3. The zero-order valence-electron chi connectivity index (χ0n) is 14.7. The molecule has 0 unspecified atom stereocenters. The lowest BCUT2D eigenvalue weighted by molar-refractivity contribution is -0.123. The van der Waals surface area contributed by atoms with E-state index in [4.69, 9.17) is 0 Å². The van der Waals surface area contributed by atoms with Crippen molar-refractivity contribution in [2.24, 2.45) is 0 Å². The Bertz CT molecular complexity index is 701. The molecular formula is C19H24N4O2. The quantitative estimate of drug-likeness (QED) is 0.724. The minimum atomic E-state index is -0.587. The third-order valence-electron chi connectivity index (χ3n) is 3.86. The van der Waals surface area contributed by atoms with Gasteiger partial charge in [0.1, 0.15) is 6.04 Å². The highest BCUT2D eigenvalue weighted by atomic mass is 16.2. The highest BCUT2D eigenvalue weighted by Crippen LogP contribution is 2.16. The number of nitrogens with one attached hydrogen (secondary N) is 3. The first-order valence-electron chi connectivity index (χ1n) is 8.38. The number of aromatic nitrogens is 1. The number of hydrogen-bond acceptors (Lipinski definition) is 4. The molecule has 0 saturated heterocycles. The molecule has 0 fully saturated rings. The largest absolute Gasteiger partial charge is 0.355 e. The Morgan fingerprint density at radius 3 is 2.16 bits per heavy atom. The molecule has 3 N–H and O–H groups in total. The molecule has 1 heterocycles. The predicted octanol–water partition coefficient (Wildman–Crippen LogP) is 2.86. The van der Waals surface area contributed by atoms with Gasteiger partial charge in [0.05, 0.1) is 0 Å². The summed E-state index contributed by atoms with van der Waals surface area (Å²) in [5.74, 6) is -0.457. The van der Waals surface area contributed by atoms with Crippen LogP contribution in [0.1, 0.15) is 37.6 Å². The molecule has 2 atom stereocenters. The number of pyridine rings is 1. The predicted molar refractivity (Wildman–Crippen MR) is 98.8 cm³/mol. The first-order chi connectivity index (χ1) is 12.0. The van der Waals surface area contributed by atoms with Gasteiger partial charge >= 0.3 is 0 Å². The Labute approximate surface area is 148 Å². The third kappa shape index (κ3) is 5.60. The molecule has 1 aromatic heterocycles. The summed E-state index contributed by atoms with van der Waals surface area (Å²) in [5, 5.41) is 8.79. The molecule has 0 radical (unpaired) electrons. The van der Waals surface area contributed by atoms with E-state index in [2.05, 4.69) is 20.9 Å². The van der Waals surface area contributed by atoms with Crippen molar-refractivity contribution in [3.05, 3.63) is 54.4 Å². The summed E-state index contributed by atoms with van der Waals surface area (Å²) in [4.78, 5) is 28.2. The van der Waals surface area contributed by atoms with Crippen molar-refractivity contribution in [3.8, 4) is 0 Å². The van der Waals surface area contributed by atoms with Gasteiger partial charge in [-0.3, -0.25) is 14.6 Å². The molecule has 2 amide bonds. The topological polar surface area (TPSA) is 83.1 Å². The highest BCUT2D eigenvalue weighted by Gasteiger charge is 2.17. The summed E-state index contributed by atoms with van der Waals surface area (Å²) in [6.45, 7) is 5.60. The molecule has 0 saturated carbocycles. The van der Waals surface area contributed by atoms with E-state index in [1.807, 2.05) is 38.1 Å². The third-order valence-corrected chi connectivity index (χ3v) is 3.86. The molecule has 25 heavy (non-hydrogen) atoms. The molecule has 132 valence electrons.